The largest absolute Gasteiger partial charge is 0.491 e. The molecule has 8 heteroatoms. The van der Waals surface area contributed by atoms with Crippen LogP contribution in [0.1, 0.15) is 40.0 Å². The molecular formula is C22H40IN3O4. The maximum atomic E-state index is 5.69. The van der Waals surface area contributed by atoms with Crippen LogP contribution in [0, 0.1) is 0 Å². The number of methoxy groups -OCH3 is 1. The molecule has 0 spiro atoms. The van der Waals surface area contributed by atoms with Crippen LogP contribution in [0.15, 0.2) is 29.3 Å². The molecule has 0 radical (unpaired) electrons. The molecular weight excluding hydrogens is 497 g/mol. The minimum atomic E-state index is 0. The molecule has 0 heterocycles. The van der Waals surface area contributed by atoms with Crippen LogP contribution in [0.3, 0.4) is 0 Å². The van der Waals surface area contributed by atoms with Crippen molar-refractivity contribution >= 4 is 35.6 Å². The summed E-state index contributed by atoms with van der Waals surface area (Å²) in [5.74, 6) is 1.59. The van der Waals surface area contributed by atoms with Crippen molar-refractivity contribution in [2.24, 2.45) is 4.99 Å². The second-order valence-corrected chi connectivity index (χ2v) is 6.90. The van der Waals surface area contributed by atoms with Crippen LogP contribution >= 0.6 is 24.0 Å². The molecule has 0 saturated carbocycles. The second-order valence-electron chi connectivity index (χ2n) is 6.90. The van der Waals surface area contributed by atoms with E-state index in [0.717, 1.165) is 43.3 Å². The molecule has 174 valence electrons. The summed E-state index contributed by atoms with van der Waals surface area (Å²) in [5, 5.41) is 6.66. The van der Waals surface area contributed by atoms with Crippen molar-refractivity contribution in [3.05, 3.63) is 24.3 Å². The maximum Gasteiger partial charge on any atom is 0.195 e. The van der Waals surface area contributed by atoms with Crippen LogP contribution in [0.2, 0.25) is 0 Å². The van der Waals surface area contributed by atoms with E-state index in [-0.39, 0.29) is 30.1 Å². The Morgan fingerprint density at radius 1 is 0.967 bits per heavy atom. The number of guanidine groups is 1. The van der Waals surface area contributed by atoms with Crippen LogP contribution in [-0.2, 0) is 14.2 Å². The average Bonchev–Trinajstić information content (AvgIpc) is 2.70. The summed E-state index contributed by atoms with van der Waals surface area (Å²) in [4.78, 5) is 4.64. The third kappa shape index (κ3) is 15.7. The first kappa shape index (κ1) is 28.9. The number of halogens is 1. The minimum absolute atomic E-state index is 0. The molecule has 0 amide bonds. The number of unbranched alkanes of at least 4 members (excludes halogenated alkanes) is 1. The van der Waals surface area contributed by atoms with Gasteiger partial charge in [0, 0.05) is 39.1 Å². The summed E-state index contributed by atoms with van der Waals surface area (Å²) in [5.41, 5.74) is 0.954. The zero-order valence-corrected chi connectivity index (χ0v) is 21.3. The molecule has 1 aromatic rings. The summed E-state index contributed by atoms with van der Waals surface area (Å²) in [6.07, 6.45) is 3.24. The number of nitrogens with one attached hydrogen (secondary N) is 2. The Labute approximate surface area is 199 Å². The van der Waals surface area contributed by atoms with Crippen molar-refractivity contribution in [1.82, 2.24) is 5.32 Å². The van der Waals surface area contributed by atoms with Crippen LogP contribution < -0.4 is 15.4 Å². The van der Waals surface area contributed by atoms with Gasteiger partial charge in [-0.25, -0.2) is 0 Å². The Balaban J connectivity index is 0.00000841. The number of anilines is 1. The quantitative estimate of drug-likeness (QED) is 0.142. The van der Waals surface area contributed by atoms with Crippen LogP contribution in [0.5, 0.6) is 5.75 Å². The van der Waals surface area contributed by atoms with Crippen molar-refractivity contribution in [3.8, 4) is 5.75 Å². The van der Waals surface area contributed by atoms with Crippen LogP contribution in [0.4, 0.5) is 5.69 Å². The third-order valence-corrected chi connectivity index (χ3v) is 3.82. The number of ether oxygens (including phenoxy) is 4. The zero-order chi connectivity index (χ0) is 21.2. The monoisotopic (exact) mass is 537 g/mol. The summed E-state index contributed by atoms with van der Waals surface area (Å²) in [7, 11) is 1.67. The fraction of sp³-hybridized carbons (Fsp3) is 0.682. The maximum absolute atomic E-state index is 5.69. The summed E-state index contributed by atoms with van der Waals surface area (Å²) in [6.45, 7) is 10.9. The second kappa shape index (κ2) is 19.8. The number of rotatable bonds is 16. The van der Waals surface area contributed by atoms with E-state index in [9.17, 15) is 0 Å². The molecule has 0 fully saturated rings. The van der Waals surface area contributed by atoms with Crippen molar-refractivity contribution in [2.75, 3.05) is 58.6 Å². The molecule has 0 aliphatic carbocycles. The lowest BCUT2D eigenvalue weighted by Crippen LogP contribution is -2.33. The molecule has 0 aliphatic rings. The third-order valence-electron chi connectivity index (χ3n) is 3.82. The standard InChI is InChI=1S/C22H39N3O4.HI/c1-5-6-14-27-16-13-24-22(23-12-7-15-28-18-17-26-4)25-20-8-10-21(11-9-20)29-19(2)3;/h8-11,19H,5-7,12-18H2,1-4H3,(H2,23,24,25);1H. The smallest absolute Gasteiger partial charge is 0.195 e. The van der Waals surface area contributed by atoms with E-state index in [4.69, 9.17) is 18.9 Å². The van der Waals surface area contributed by atoms with E-state index in [1.165, 1.54) is 0 Å². The van der Waals surface area contributed by atoms with E-state index in [0.29, 0.717) is 39.5 Å². The van der Waals surface area contributed by atoms with Gasteiger partial charge in [-0.05, 0) is 51.0 Å². The molecule has 0 atom stereocenters. The van der Waals surface area contributed by atoms with Gasteiger partial charge >= 0.3 is 0 Å². The highest BCUT2D eigenvalue weighted by atomic mass is 127. The summed E-state index contributed by atoms with van der Waals surface area (Å²) < 4.78 is 21.8. The fourth-order valence-electron chi connectivity index (χ4n) is 2.36. The molecule has 0 bridgehead atoms. The van der Waals surface area contributed by atoms with E-state index < -0.39 is 0 Å². The fourth-order valence-corrected chi connectivity index (χ4v) is 2.36. The van der Waals surface area contributed by atoms with Gasteiger partial charge in [0.2, 0.25) is 0 Å². The van der Waals surface area contributed by atoms with Gasteiger partial charge in [-0.1, -0.05) is 13.3 Å². The number of hydrogen-bond acceptors (Lipinski definition) is 5. The molecule has 30 heavy (non-hydrogen) atoms. The molecule has 7 nitrogen and oxygen atoms in total. The first-order chi connectivity index (χ1) is 14.2. The lowest BCUT2D eigenvalue weighted by Gasteiger charge is -2.14. The van der Waals surface area contributed by atoms with Crippen LogP contribution in [0.25, 0.3) is 0 Å². The van der Waals surface area contributed by atoms with Crippen molar-refractivity contribution in [3.63, 3.8) is 0 Å². The molecule has 0 aromatic heterocycles. The predicted molar refractivity (Wildman–Crippen MR) is 135 cm³/mol. The van der Waals surface area contributed by atoms with Gasteiger partial charge in [-0.3, -0.25) is 4.99 Å². The molecule has 0 aliphatic heterocycles. The van der Waals surface area contributed by atoms with E-state index >= 15 is 0 Å². The SMILES string of the molecule is CCCCOCCNC(=NCCCOCCOC)Nc1ccc(OC(C)C)cc1.I. The van der Waals surface area contributed by atoms with Gasteiger partial charge in [-0.2, -0.15) is 0 Å². The summed E-state index contributed by atoms with van der Waals surface area (Å²) in [6, 6.07) is 7.88. The zero-order valence-electron chi connectivity index (χ0n) is 18.9. The lowest BCUT2D eigenvalue weighted by atomic mass is 10.3. The Hall–Kier alpha value is -1.10. The normalized spacial score (nSPS) is 11.3. The molecule has 0 saturated heterocycles. The van der Waals surface area contributed by atoms with Gasteiger partial charge in [-0.15, -0.1) is 24.0 Å². The topological polar surface area (TPSA) is 73.3 Å². The molecule has 1 rings (SSSR count). The highest BCUT2D eigenvalue weighted by Crippen LogP contribution is 2.16. The van der Waals surface area contributed by atoms with E-state index in [1.807, 2.05) is 38.1 Å². The van der Waals surface area contributed by atoms with E-state index in [1.54, 1.807) is 7.11 Å². The van der Waals surface area contributed by atoms with Gasteiger partial charge in [0.1, 0.15) is 5.75 Å². The Morgan fingerprint density at radius 2 is 1.67 bits per heavy atom. The van der Waals surface area contributed by atoms with Crippen LogP contribution in [-0.4, -0.2) is 65.3 Å². The number of benzene rings is 1. The molecule has 1 aromatic carbocycles. The van der Waals surface area contributed by atoms with Gasteiger partial charge in [0.05, 0.1) is 25.9 Å². The number of aliphatic imine (C=N–C) groups is 1. The number of nitrogens with zero attached hydrogens (tertiary/aromatic N) is 1. The van der Waals surface area contributed by atoms with Gasteiger partial charge in [0.15, 0.2) is 5.96 Å². The first-order valence-electron chi connectivity index (χ1n) is 10.6. The lowest BCUT2D eigenvalue weighted by molar-refractivity contribution is 0.0702. The highest BCUT2D eigenvalue weighted by Gasteiger charge is 2.02. The minimum Gasteiger partial charge on any atom is -0.491 e. The van der Waals surface area contributed by atoms with Gasteiger partial charge < -0.3 is 29.6 Å². The number of hydrogen-bond donors (Lipinski definition) is 2. The van der Waals surface area contributed by atoms with Crippen molar-refractivity contribution < 1.29 is 18.9 Å². The highest BCUT2D eigenvalue weighted by molar-refractivity contribution is 14.0. The predicted octanol–water partition coefficient (Wildman–Crippen LogP) is 4.32. The van der Waals surface area contributed by atoms with Gasteiger partial charge in [0.25, 0.3) is 0 Å². The first-order valence-corrected chi connectivity index (χ1v) is 10.6. The summed E-state index contributed by atoms with van der Waals surface area (Å²) >= 11 is 0. The Kier molecular flexibility index (Phi) is 19.1. The average molecular weight is 537 g/mol. The van der Waals surface area contributed by atoms with Crippen molar-refractivity contribution in [2.45, 2.75) is 46.1 Å². The van der Waals surface area contributed by atoms with E-state index in [2.05, 4.69) is 22.5 Å². The molecule has 2 N–H and O–H groups in total. The Morgan fingerprint density at radius 3 is 2.33 bits per heavy atom. The molecule has 0 unspecified atom stereocenters. The Bertz CT molecular complexity index is 542. The van der Waals surface area contributed by atoms with Crippen molar-refractivity contribution in [1.29, 1.82) is 0 Å².